The van der Waals surface area contributed by atoms with Crippen molar-refractivity contribution in [2.24, 2.45) is 0 Å². The standard InChI is InChI=1S/C14H15F3N2O/c1-8(2)19-11-4-3-9(14(15,16)17)7-10(11)18-12(20)13(19)5-6-13/h3-4,7-8H,5-6H2,1-2H3,(H,18,20). The van der Waals surface area contributed by atoms with Crippen molar-refractivity contribution in [3.8, 4) is 0 Å². The van der Waals surface area contributed by atoms with Crippen LogP contribution in [0.15, 0.2) is 18.2 Å². The van der Waals surface area contributed by atoms with Crippen LogP contribution in [0.25, 0.3) is 0 Å². The molecule has 1 amide bonds. The van der Waals surface area contributed by atoms with Crippen LogP contribution in [0.2, 0.25) is 0 Å². The Balaban J connectivity index is 2.10. The van der Waals surface area contributed by atoms with Gasteiger partial charge in [0.1, 0.15) is 5.54 Å². The molecule has 0 saturated heterocycles. The van der Waals surface area contributed by atoms with Crippen LogP contribution in [0.3, 0.4) is 0 Å². The van der Waals surface area contributed by atoms with Crippen LogP contribution in [-0.4, -0.2) is 17.5 Å². The predicted octanol–water partition coefficient (Wildman–Crippen LogP) is 3.40. The number of alkyl halides is 3. The fraction of sp³-hybridized carbons (Fsp3) is 0.500. The molecule has 1 saturated carbocycles. The molecule has 0 radical (unpaired) electrons. The molecule has 1 heterocycles. The molecular weight excluding hydrogens is 269 g/mol. The van der Waals surface area contributed by atoms with Gasteiger partial charge < -0.3 is 10.2 Å². The molecule has 1 aromatic carbocycles. The van der Waals surface area contributed by atoms with Gasteiger partial charge in [-0.05, 0) is 44.9 Å². The highest BCUT2D eigenvalue weighted by molar-refractivity contribution is 6.08. The first kappa shape index (κ1) is 13.3. The quantitative estimate of drug-likeness (QED) is 0.857. The second-order valence-electron chi connectivity index (χ2n) is 5.68. The van der Waals surface area contributed by atoms with Gasteiger partial charge >= 0.3 is 6.18 Å². The van der Waals surface area contributed by atoms with E-state index in [9.17, 15) is 18.0 Å². The normalized spacial score (nSPS) is 20.1. The topological polar surface area (TPSA) is 32.3 Å². The van der Waals surface area contributed by atoms with Crippen molar-refractivity contribution >= 4 is 17.3 Å². The summed E-state index contributed by atoms with van der Waals surface area (Å²) in [5.74, 6) is -0.196. The Labute approximate surface area is 114 Å². The second kappa shape index (κ2) is 3.90. The lowest BCUT2D eigenvalue weighted by atomic mass is 10.0. The molecule has 3 nitrogen and oxygen atoms in total. The van der Waals surface area contributed by atoms with Gasteiger partial charge in [0.2, 0.25) is 5.91 Å². The summed E-state index contributed by atoms with van der Waals surface area (Å²) in [6.45, 7) is 3.89. The van der Waals surface area contributed by atoms with E-state index < -0.39 is 17.3 Å². The summed E-state index contributed by atoms with van der Waals surface area (Å²) < 4.78 is 38.2. The van der Waals surface area contributed by atoms with Gasteiger partial charge in [0.15, 0.2) is 0 Å². The van der Waals surface area contributed by atoms with E-state index in [0.29, 0.717) is 5.69 Å². The van der Waals surface area contributed by atoms with Gasteiger partial charge in [0, 0.05) is 6.04 Å². The molecule has 1 aliphatic heterocycles. The first-order valence-electron chi connectivity index (χ1n) is 6.58. The molecule has 1 spiro atoms. The summed E-state index contributed by atoms with van der Waals surface area (Å²) in [5.41, 5.74) is -0.380. The number of hydrogen-bond donors (Lipinski definition) is 1. The molecule has 0 unspecified atom stereocenters. The molecular formula is C14H15F3N2O. The average molecular weight is 284 g/mol. The molecule has 0 aromatic heterocycles. The molecule has 6 heteroatoms. The van der Waals surface area contributed by atoms with Crippen molar-refractivity contribution in [1.82, 2.24) is 0 Å². The summed E-state index contributed by atoms with van der Waals surface area (Å²) in [4.78, 5) is 14.1. The monoisotopic (exact) mass is 284 g/mol. The summed E-state index contributed by atoms with van der Waals surface area (Å²) >= 11 is 0. The summed E-state index contributed by atoms with van der Waals surface area (Å²) in [6, 6.07) is 3.59. The molecule has 1 aliphatic carbocycles. The van der Waals surface area contributed by atoms with Gasteiger partial charge in [0.25, 0.3) is 0 Å². The maximum absolute atomic E-state index is 12.7. The number of nitrogens with zero attached hydrogens (tertiary/aromatic N) is 1. The molecule has 1 N–H and O–H groups in total. The Morgan fingerprint density at radius 3 is 2.45 bits per heavy atom. The Morgan fingerprint density at radius 2 is 1.95 bits per heavy atom. The van der Waals surface area contributed by atoms with Crippen LogP contribution >= 0.6 is 0 Å². The lowest BCUT2D eigenvalue weighted by Crippen LogP contribution is -2.53. The number of fused-ring (bicyclic) bond motifs is 1. The van der Waals surface area contributed by atoms with Crippen molar-refractivity contribution in [2.45, 2.75) is 44.4 Å². The van der Waals surface area contributed by atoms with E-state index in [0.717, 1.165) is 25.0 Å². The molecule has 0 atom stereocenters. The number of anilines is 2. The van der Waals surface area contributed by atoms with Crippen LogP contribution in [0.4, 0.5) is 24.5 Å². The lowest BCUT2D eigenvalue weighted by Gasteiger charge is -2.41. The Morgan fingerprint density at radius 1 is 1.30 bits per heavy atom. The summed E-state index contributed by atoms with van der Waals surface area (Å²) in [5, 5.41) is 2.63. The van der Waals surface area contributed by atoms with Gasteiger partial charge in [-0.25, -0.2) is 0 Å². The number of rotatable bonds is 1. The van der Waals surface area contributed by atoms with Gasteiger partial charge in [-0.1, -0.05) is 0 Å². The Bertz CT molecular complexity index is 576. The van der Waals surface area contributed by atoms with Crippen LogP contribution in [-0.2, 0) is 11.0 Å². The molecule has 0 bridgehead atoms. The minimum absolute atomic E-state index is 0.0547. The molecule has 20 heavy (non-hydrogen) atoms. The van der Waals surface area contributed by atoms with E-state index in [2.05, 4.69) is 5.32 Å². The highest BCUT2D eigenvalue weighted by atomic mass is 19.4. The fourth-order valence-electron chi connectivity index (χ4n) is 2.96. The maximum Gasteiger partial charge on any atom is 0.416 e. The Hall–Kier alpha value is -1.72. The number of halogens is 3. The molecule has 3 rings (SSSR count). The van der Waals surface area contributed by atoms with Crippen LogP contribution in [0, 0.1) is 0 Å². The van der Waals surface area contributed by atoms with E-state index in [1.54, 1.807) is 0 Å². The van der Waals surface area contributed by atoms with Crippen LogP contribution in [0.1, 0.15) is 32.3 Å². The SMILES string of the molecule is CC(C)N1c2ccc(C(F)(F)F)cc2NC(=O)C12CC2. The third-order valence-corrected chi connectivity index (χ3v) is 3.96. The van der Waals surface area contributed by atoms with E-state index in [1.165, 1.54) is 6.07 Å². The largest absolute Gasteiger partial charge is 0.416 e. The fourth-order valence-corrected chi connectivity index (χ4v) is 2.96. The zero-order valence-corrected chi connectivity index (χ0v) is 11.2. The molecule has 2 aliphatic rings. The minimum atomic E-state index is -4.41. The van der Waals surface area contributed by atoms with Gasteiger partial charge in [-0.15, -0.1) is 0 Å². The van der Waals surface area contributed by atoms with Gasteiger partial charge in [-0.2, -0.15) is 13.2 Å². The Kier molecular flexibility index (Phi) is 2.59. The number of hydrogen-bond acceptors (Lipinski definition) is 2. The minimum Gasteiger partial charge on any atom is -0.353 e. The first-order valence-corrected chi connectivity index (χ1v) is 6.58. The average Bonchev–Trinajstić information content (AvgIpc) is 3.10. The van der Waals surface area contributed by atoms with Crippen LogP contribution < -0.4 is 10.2 Å². The first-order chi connectivity index (χ1) is 9.25. The molecule has 1 fully saturated rings. The zero-order chi connectivity index (χ0) is 14.7. The number of benzene rings is 1. The number of amides is 1. The smallest absolute Gasteiger partial charge is 0.353 e. The highest BCUT2D eigenvalue weighted by Gasteiger charge is 2.58. The lowest BCUT2D eigenvalue weighted by molar-refractivity contribution is -0.137. The molecule has 1 aromatic rings. The number of carbonyl (C=O) groups is 1. The van der Waals surface area contributed by atoms with E-state index >= 15 is 0 Å². The zero-order valence-electron chi connectivity index (χ0n) is 11.2. The highest BCUT2D eigenvalue weighted by Crippen LogP contribution is 2.51. The third-order valence-electron chi connectivity index (χ3n) is 3.96. The van der Waals surface area contributed by atoms with Crippen molar-refractivity contribution in [1.29, 1.82) is 0 Å². The number of carbonyl (C=O) groups excluding carboxylic acids is 1. The van der Waals surface area contributed by atoms with E-state index in [4.69, 9.17) is 0 Å². The third kappa shape index (κ3) is 1.77. The predicted molar refractivity (Wildman–Crippen MR) is 69.7 cm³/mol. The van der Waals surface area contributed by atoms with E-state index in [1.807, 2.05) is 18.7 Å². The summed E-state index contributed by atoms with van der Waals surface area (Å²) in [6.07, 6.45) is -2.91. The van der Waals surface area contributed by atoms with Crippen molar-refractivity contribution in [3.63, 3.8) is 0 Å². The summed E-state index contributed by atoms with van der Waals surface area (Å²) in [7, 11) is 0. The van der Waals surface area contributed by atoms with E-state index in [-0.39, 0.29) is 17.6 Å². The van der Waals surface area contributed by atoms with Gasteiger partial charge in [-0.3, -0.25) is 4.79 Å². The van der Waals surface area contributed by atoms with Crippen LogP contribution in [0.5, 0.6) is 0 Å². The van der Waals surface area contributed by atoms with Crippen molar-refractivity contribution in [3.05, 3.63) is 23.8 Å². The van der Waals surface area contributed by atoms with Gasteiger partial charge in [0.05, 0.1) is 16.9 Å². The maximum atomic E-state index is 12.7. The van der Waals surface area contributed by atoms with Crippen molar-refractivity contribution in [2.75, 3.05) is 10.2 Å². The van der Waals surface area contributed by atoms with Crippen molar-refractivity contribution < 1.29 is 18.0 Å². The number of nitrogens with one attached hydrogen (secondary N) is 1. The molecule has 108 valence electrons. The second-order valence-corrected chi connectivity index (χ2v) is 5.68.